The van der Waals surface area contributed by atoms with Crippen LogP contribution in [-0.4, -0.2) is 40.0 Å². The standard InChI is InChI=1S/C13H15NO4S/c15-11(16)6-9-10(7-14-12(9)13(17)18)19-8-4-2-1-3-5-8/h1-5,9-10,12,14H,6-7H2,(H,15,16)(H,17,18)/t9-,10-,12-/m1/s1. The lowest BCUT2D eigenvalue weighted by molar-refractivity contribution is -0.141. The number of rotatable bonds is 5. The SMILES string of the molecule is O=C(O)C[C@@H]1[C@H](Sc2ccccc2)CN[C@H]1C(=O)O. The van der Waals surface area contributed by atoms with Crippen LogP contribution < -0.4 is 5.32 Å². The first-order valence-electron chi connectivity index (χ1n) is 5.97. The Morgan fingerprint density at radius 2 is 1.95 bits per heavy atom. The zero-order valence-corrected chi connectivity index (χ0v) is 11.0. The second-order valence-electron chi connectivity index (χ2n) is 4.46. The van der Waals surface area contributed by atoms with Crippen LogP contribution in [0.15, 0.2) is 35.2 Å². The Bertz CT molecular complexity index is 465. The molecule has 3 N–H and O–H groups in total. The molecule has 0 bridgehead atoms. The van der Waals surface area contributed by atoms with Gasteiger partial charge in [0.1, 0.15) is 6.04 Å². The summed E-state index contributed by atoms with van der Waals surface area (Å²) in [4.78, 5) is 23.0. The highest BCUT2D eigenvalue weighted by molar-refractivity contribution is 8.00. The van der Waals surface area contributed by atoms with Gasteiger partial charge in [-0.05, 0) is 12.1 Å². The third-order valence-electron chi connectivity index (χ3n) is 3.15. The highest BCUT2D eigenvalue weighted by Gasteiger charge is 2.41. The summed E-state index contributed by atoms with van der Waals surface area (Å²) in [6.07, 6.45) is -0.130. The van der Waals surface area contributed by atoms with Crippen LogP contribution in [0.1, 0.15) is 6.42 Å². The maximum Gasteiger partial charge on any atom is 0.321 e. The first kappa shape index (κ1) is 13.9. The maximum absolute atomic E-state index is 11.1. The van der Waals surface area contributed by atoms with E-state index in [1.807, 2.05) is 30.3 Å². The molecule has 0 spiro atoms. The predicted molar refractivity (Wildman–Crippen MR) is 71.3 cm³/mol. The summed E-state index contributed by atoms with van der Waals surface area (Å²) in [7, 11) is 0. The zero-order valence-electron chi connectivity index (χ0n) is 10.2. The number of thioether (sulfide) groups is 1. The van der Waals surface area contributed by atoms with Gasteiger partial charge in [0.25, 0.3) is 0 Å². The van der Waals surface area contributed by atoms with E-state index in [-0.39, 0.29) is 11.7 Å². The number of carboxylic acid groups (broad SMARTS) is 2. The van der Waals surface area contributed by atoms with Gasteiger partial charge >= 0.3 is 11.9 Å². The second-order valence-corrected chi connectivity index (χ2v) is 5.77. The molecule has 1 aromatic rings. The summed E-state index contributed by atoms with van der Waals surface area (Å²) < 4.78 is 0. The van der Waals surface area contributed by atoms with Crippen LogP contribution in [0, 0.1) is 5.92 Å². The third-order valence-corrected chi connectivity index (χ3v) is 4.52. The highest BCUT2D eigenvalue weighted by Crippen LogP contribution is 2.34. The van der Waals surface area contributed by atoms with Gasteiger partial charge in [-0.15, -0.1) is 11.8 Å². The van der Waals surface area contributed by atoms with Crippen molar-refractivity contribution in [3.8, 4) is 0 Å². The summed E-state index contributed by atoms with van der Waals surface area (Å²) in [6.45, 7) is 0.508. The van der Waals surface area contributed by atoms with E-state index in [2.05, 4.69) is 5.32 Å². The summed E-state index contributed by atoms with van der Waals surface area (Å²) >= 11 is 1.53. The first-order valence-corrected chi connectivity index (χ1v) is 6.85. The number of carbonyl (C=O) groups is 2. The van der Waals surface area contributed by atoms with Crippen LogP contribution in [0.25, 0.3) is 0 Å². The van der Waals surface area contributed by atoms with E-state index in [1.165, 1.54) is 11.8 Å². The number of hydrogen-bond donors (Lipinski definition) is 3. The van der Waals surface area contributed by atoms with Crippen molar-refractivity contribution in [1.82, 2.24) is 5.32 Å². The van der Waals surface area contributed by atoms with E-state index in [0.29, 0.717) is 6.54 Å². The average Bonchev–Trinajstić information content (AvgIpc) is 2.73. The van der Waals surface area contributed by atoms with E-state index >= 15 is 0 Å². The molecule has 1 heterocycles. The quantitative estimate of drug-likeness (QED) is 0.754. The Kier molecular flexibility index (Phi) is 4.44. The molecule has 5 nitrogen and oxygen atoms in total. The van der Waals surface area contributed by atoms with Gasteiger partial charge in [0, 0.05) is 22.6 Å². The van der Waals surface area contributed by atoms with Crippen molar-refractivity contribution in [3.05, 3.63) is 30.3 Å². The molecule has 6 heteroatoms. The molecule has 1 aliphatic rings. The Hall–Kier alpha value is -1.53. The largest absolute Gasteiger partial charge is 0.481 e. The fraction of sp³-hybridized carbons (Fsp3) is 0.385. The lowest BCUT2D eigenvalue weighted by Crippen LogP contribution is -2.37. The van der Waals surface area contributed by atoms with Gasteiger partial charge in [0.05, 0.1) is 6.42 Å². The molecule has 0 aliphatic carbocycles. The maximum atomic E-state index is 11.1. The van der Waals surface area contributed by atoms with Crippen molar-refractivity contribution in [2.75, 3.05) is 6.54 Å². The summed E-state index contributed by atoms with van der Waals surface area (Å²) in [6, 6.07) is 8.83. The molecule has 0 aromatic heterocycles. The fourth-order valence-corrected chi connectivity index (χ4v) is 3.56. The molecule has 0 amide bonds. The van der Waals surface area contributed by atoms with Crippen LogP contribution >= 0.6 is 11.8 Å². The molecule has 1 fully saturated rings. The molecular formula is C13H15NO4S. The van der Waals surface area contributed by atoms with Crippen molar-refractivity contribution in [2.45, 2.75) is 22.6 Å². The molecule has 1 aromatic carbocycles. The lowest BCUT2D eigenvalue weighted by Gasteiger charge is -2.19. The number of nitrogens with one attached hydrogen (secondary N) is 1. The van der Waals surface area contributed by atoms with Gasteiger partial charge in [-0.3, -0.25) is 9.59 Å². The Balaban J connectivity index is 2.10. The van der Waals surface area contributed by atoms with Crippen LogP contribution in [0.4, 0.5) is 0 Å². The topological polar surface area (TPSA) is 86.6 Å². The first-order chi connectivity index (χ1) is 9.08. The minimum atomic E-state index is -0.984. The molecule has 1 aliphatic heterocycles. The van der Waals surface area contributed by atoms with Crippen molar-refractivity contribution in [2.24, 2.45) is 5.92 Å². The number of benzene rings is 1. The molecule has 0 saturated carbocycles. The molecule has 2 rings (SSSR count). The van der Waals surface area contributed by atoms with E-state index in [4.69, 9.17) is 10.2 Å². The minimum absolute atomic E-state index is 0.0420. The third kappa shape index (κ3) is 3.48. The zero-order chi connectivity index (χ0) is 13.8. The van der Waals surface area contributed by atoms with Crippen LogP contribution in [-0.2, 0) is 9.59 Å². The Labute approximate surface area is 115 Å². The Morgan fingerprint density at radius 3 is 2.53 bits per heavy atom. The van der Waals surface area contributed by atoms with E-state index < -0.39 is 23.9 Å². The van der Waals surface area contributed by atoms with E-state index in [9.17, 15) is 9.59 Å². The van der Waals surface area contributed by atoms with Gasteiger partial charge in [-0.2, -0.15) is 0 Å². The molecule has 1 saturated heterocycles. The van der Waals surface area contributed by atoms with Crippen LogP contribution in [0.2, 0.25) is 0 Å². The number of carboxylic acids is 2. The normalized spacial score (nSPS) is 26.2. The average molecular weight is 281 g/mol. The summed E-state index contributed by atoms with van der Waals surface area (Å²) in [5.74, 6) is -2.35. The van der Waals surface area contributed by atoms with Crippen LogP contribution in [0.3, 0.4) is 0 Å². The van der Waals surface area contributed by atoms with Crippen molar-refractivity contribution in [3.63, 3.8) is 0 Å². The fourth-order valence-electron chi connectivity index (χ4n) is 2.28. The minimum Gasteiger partial charge on any atom is -0.481 e. The monoisotopic (exact) mass is 281 g/mol. The number of aliphatic carboxylic acids is 2. The molecular weight excluding hydrogens is 266 g/mol. The van der Waals surface area contributed by atoms with Crippen molar-refractivity contribution in [1.29, 1.82) is 0 Å². The molecule has 3 atom stereocenters. The summed E-state index contributed by atoms with van der Waals surface area (Å²) in [5, 5.41) is 20.9. The van der Waals surface area contributed by atoms with Gasteiger partial charge < -0.3 is 15.5 Å². The van der Waals surface area contributed by atoms with Gasteiger partial charge in [0.15, 0.2) is 0 Å². The lowest BCUT2D eigenvalue weighted by atomic mass is 9.96. The van der Waals surface area contributed by atoms with E-state index in [1.54, 1.807) is 0 Å². The van der Waals surface area contributed by atoms with Gasteiger partial charge in [-0.1, -0.05) is 18.2 Å². The predicted octanol–water partition coefficient (Wildman–Crippen LogP) is 1.29. The van der Waals surface area contributed by atoms with Gasteiger partial charge in [0.2, 0.25) is 0 Å². The van der Waals surface area contributed by atoms with E-state index in [0.717, 1.165) is 4.90 Å². The van der Waals surface area contributed by atoms with Crippen molar-refractivity contribution < 1.29 is 19.8 Å². The molecule has 0 unspecified atom stereocenters. The van der Waals surface area contributed by atoms with Crippen molar-refractivity contribution >= 4 is 23.7 Å². The van der Waals surface area contributed by atoms with Crippen LogP contribution in [0.5, 0.6) is 0 Å². The summed E-state index contributed by atoms with van der Waals surface area (Å²) in [5.41, 5.74) is 0. The highest BCUT2D eigenvalue weighted by atomic mass is 32.2. The smallest absolute Gasteiger partial charge is 0.321 e. The molecule has 0 radical (unpaired) electrons. The molecule has 19 heavy (non-hydrogen) atoms. The van der Waals surface area contributed by atoms with Gasteiger partial charge in [-0.25, -0.2) is 0 Å². The Morgan fingerprint density at radius 1 is 1.26 bits per heavy atom. The second kappa shape index (κ2) is 6.08. The molecule has 102 valence electrons. The number of hydrogen-bond acceptors (Lipinski definition) is 4.